The minimum atomic E-state index is 0.604. The molecule has 1 aromatic rings. The Morgan fingerprint density at radius 3 is 3.00 bits per heavy atom. The van der Waals surface area contributed by atoms with Gasteiger partial charge in [0.2, 0.25) is 0 Å². The van der Waals surface area contributed by atoms with Gasteiger partial charge >= 0.3 is 0 Å². The van der Waals surface area contributed by atoms with Crippen molar-refractivity contribution in [1.29, 1.82) is 0 Å². The number of piperidine rings is 1. The highest BCUT2D eigenvalue weighted by atomic mass is 32.2. The fourth-order valence-electron chi connectivity index (χ4n) is 3.65. The third kappa shape index (κ3) is 3.82. The molecule has 3 heteroatoms. The highest BCUT2D eigenvalue weighted by molar-refractivity contribution is 7.99. The molecule has 2 nitrogen and oxygen atoms in total. The number of thioether (sulfide) groups is 1. The minimum absolute atomic E-state index is 0.604. The van der Waals surface area contributed by atoms with E-state index in [-0.39, 0.29) is 0 Å². The van der Waals surface area contributed by atoms with Gasteiger partial charge < -0.3 is 5.32 Å². The molecule has 0 radical (unpaired) electrons. The molecule has 0 aromatic heterocycles. The molecule has 0 spiro atoms. The van der Waals surface area contributed by atoms with Crippen molar-refractivity contribution in [3.8, 4) is 0 Å². The van der Waals surface area contributed by atoms with Crippen LogP contribution in [0, 0.1) is 5.92 Å². The lowest BCUT2D eigenvalue weighted by molar-refractivity contribution is 0.116. The molecule has 2 atom stereocenters. The van der Waals surface area contributed by atoms with E-state index in [9.17, 15) is 0 Å². The molecule has 2 unspecified atom stereocenters. The molecule has 2 aliphatic heterocycles. The molecular weight excluding hydrogens is 276 g/mol. The first-order chi connectivity index (χ1) is 10.2. The number of nitrogens with one attached hydrogen (secondary N) is 1. The third-order valence-corrected chi connectivity index (χ3v) is 5.86. The quantitative estimate of drug-likeness (QED) is 0.907. The maximum absolute atomic E-state index is 3.63. The largest absolute Gasteiger partial charge is 0.314 e. The van der Waals surface area contributed by atoms with E-state index in [2.05, 4.69) is 48.3 Å². The van der Waals surface area contributed by atoms with Crippen LogP contribution in [0.1, 0.15) is 44.7 Å². The third-order valence-electron chi connectivity index (χ3n) is 4.73. The smallest absolute Gasteiger partial charge is 0.0367 e. The van der Waals surface area contributed by atoms with Crippen LogP contribution < -0.4 is 5.32 Å². The highest BCUT2D eigenvalue weighted by Gasteiger charge is 2.29. The summed E-state index contributed by atoms with van der Waals surface area (Å²) in [5, 5.41) is 3.63. The Morgan fingerprint density at radius 1 is 1.29 bits per heavy atom. The van der Waals surface area contributed by atoms with Crippen molar-refractivity contribution in [1.82, 2.24) is 10.2 Å². The van der Waals surface area contributed by atoms with Gasteiger partial charge in [0.1, 0.15) is 0 Å². The molecule has 1 fully saturated rings. The van der Waals surface area contributed by atoms with Gasteiger partial charge in [0.15, 0.2) is 0 Å². The fourth-order valence-corrected chi connectivity index (χ4v) is 4.76. The van der Waals surface area contributed by atoms with Crippen LogP contribution in [0.3, 0.4) is 0 Å². The second-order valence-corrected chi connectivity index (χ2v) is 7.89. The number of likely N-dealkylation sites (tertiary alicyclic amines) is 1. The van der Waals surface area contributed by atoms with E-state index in [1.54, 1.807) is 5.56 Å². The molecule has 116 valence electrons. The van der Waals surface area contributed by atoms with Crippen molar-refractivity contribution in [2.45, 2.75) is 50.1 Å². The van der Waals surface area contributed by atoms with Crippen LogP contribution in [0.5, 0.6) is 0 Å². The highest BCUT2D eigenvalue weighted by Crippen LogP contribution is 2.40. The van der Waals surface area contributed by atoms with Gasteiger partial charge in [0.05, 0.1) is 0 Å². The zero-order valence-corrected chi connectivity index (χ0v) is 14.2. The molecule has 1 N–H and O–H groups in total. The molecule has 1 aromatic carbocycles. The summed E-state index contributed by atoms with van der Waals surface area (Å²) in [5.41, 5.74) is 1.58. The first-order valence-electron chi connectivity index (χ1n) is 8.43. The van der Waals surface area contributed by atoms with Gasteiger partial charge in [-0.15, -0.1) is 11.8 Å². The molecule has 3 rings (SSSR count). The first kappa shape index (κ1) is 15.4. The summed E-state index contributed by atoms with van der Waals surface area (Å²) in [6.07, 6.45) is 4.06. The van der Waals surface area contributed by atoms with Crippen molar-refractivity contribution in [2.24, 2.45) is 5.92 Å². The normalized spacial score (nSPS) is 26.8. The minimum Gasteiger partial charge on any atom is -0.314 e. The summed E-state index contributed by atoms with van der Waals surface area (Å²) in [6, 6.07) is 10.3. The Bertz CT molecular complexity index is 460. The predicted molar refractivity (Wildman–Crippen MR) is 92.0 cm³/mol. The number of benzene rings is 1. The molecule has 2 aliphatic rings. The SMILES string of the molecule is CC(C)NCC1CCCN(C2CCSc3ccccc32)C1. The van der Waals surface area contributed by atoms with Crippen molar-refractivity contribution in [3.63, 3.8) is 0 Å². The van der Waals surface area contributed by atoms with Crippen LogP contribution in [0.25, 0.3) is 0 Å². The fraction of sp³-hybridized carbons (Fsp3) is 0.667. The van der Waals surface area contributed by atoms with Gasteiger partial charge in [-0.1, -0.05) is 32.0 Å². The maximum Gasteiger partial charge on any atom is 0.0367 e. The van der Waals surface area contributed by atoms with E-state index in [4.69, 9.17) is 0 Å². The van der Waals surface area contributed by atoms with E-state index in [0.717, 1.165) is 5.92 Å². The van der Waals surface area contributed by atoms with Gasteiger partial charge in [-0.3, -0.25) is 4.90 Å². The topological polar surface area (TPSA) is 15.3 Å². The van der Waals surface area contributed by atoms with Crippen LogP contribution in [0.15, 0.2) is 29.2 Å². The monoisotopic (exact) mass is 304 g/mol. The van der Waals surface area contributed by atoms with Gasteiger partial charge in [-0.25, -0.2) is 0 Å². The summed E-state index contributed by atoms with van der Waals surface area (Å²) >= 11 is 2.03. The van der Waals surface area contributed by atoms with Crippen molar-refractivity contribution >= 4 is 11.8 Å². The Hall–Kier alpha value is -0.510. The summed E-state index contributed by atoms with van der Waals surface area (Å²) in [6.45, 7) is 8.22. The zero-order chi connectivity index (χ0) is 14.7. The molecule has 1 saturated heterocycles. The first-order valence-corrected chi connectivity index (χ1v) is 9.41. The van der Waals surface area contributed by atoms with Gasteiger partial charge in [-0.05, 0) is 55.7 Å². The molecular formula is C18H28N2S. The van der Waals surface area contributed by atoms with Gasteiger partial charge in [0.25, 0.3) is 0 Å². The Kier molecular flexibility index (Phi) is 5.25. The molecule has 0 aliphatic carbocycles. The van der Waals surface area contributed by atoms with Crippen molar-refractivity contribution in [3.05, 3.63) is 29.8 Å². The van der Waals surface area contributed by atoms with E-state index in [1.807, 2.05) is 11.8 Å². The van der Waals surface area contributed by atoms with Crippen molar-refractivity contribution in [2.75, 3.05) is 25.4 Å². The molecule has 0 amide bonds. The van der Waals surface area contributed by atoms with E-state index in [1.165, 1.54) is 49.5 Å². The standard InChI is InChI=1S/C18H28N2S/c1-14(2)19-12-15-6-5-10-20(13-15)17-9-11-21-18-8-4-3-7-16(17)18/h3-4,7-8,14-15,17,19H,5-6,9-13H2,1-2H3. The van der Waals surface area contributed by atoms with Crippen LogP contribution in [-0.2, 0) is 0 Å². The van der Waals surface area contributed by atoms with Crippen LogP contribution in [-0.4, -0.2) is 36.3 Å². The van der Waals surface area contributed by atoms with E-state index in [0.29, 0.717) is 12.1 Å². The zero-order valence-electron chi connectivity index (χ0n) is 13.3. The molecule has 0 bridgehead atoms. The summed E-state index contributed by atoms with van der Waals surface area (Å²) in [7, 11) is 0. The van der Waals surface area contributed by atoms with Crippen LogP contribution in [0.4, 0.5) is 0 Å². The lowest BCUT2D eigenvalue weighted by Crippen LogP contribution is -2.43. The summed E-state index contributed by atoms with van der Waals surface area (Å²) < 4.78 is 0. The molecule has 2 heterocycles. The number of hydrogen-bond donors (Lipinski definition) is 1. The van der Waals surface area contributed by atoms with Gasteiger partial charge in [-0.2, -0.15) is 0 Å². The average Bonchev–Trinajstić information content (AvgIpc) is 2.52. The Labute approximate surface area is 133 Å². The van der Waals surface area contributed by atoms with Crippen LogP contribution >= 0.6 is 11.8 Å². The Balaban J connectivity index is 1.67. The number of fused-ring (bicyclic) bond motifs is 1. The lowest BCUT2D eigenvalue weighted by Gasteiger charge is -2.41. The summed E-state index contributed by atoms with van der Waals surface area (Å²) in [5.74, 6) is 2.09. The second kappa shape index (κ2) is 7.17. The van der Waals surface area contributed by atoms with Crippen molar-refractivity contribution < 1.29 is 0 Å². The summed E-state index contributed by atoms with van der Waals surface area (Å²) in [4.78, 5) is 4.27. The van der Waals surface area contributed by atoms with Crippen LogP contribution in [0.2, 0.25) is 0 Å². The predicted octanol–water partition coefficient (Wildman–Crippen LogP) is 3.93. The molecule has 0 saturated carbocycles. The Morgan fingerprint density at radius 2 is 2.14 bits per heavy atom. The van der Waals surface area contributed by atoms with E-state index < -0.39 is 0 Å². The lowest BCUT2D eigenvalue weighted by atomic mass is 9.93. The number of hydrogen-bond acceptors (Lipinski definition) is 3. The molecule has 21 heavy (non-hydrogen) atoms. The number of nitrogens with zero attached hydrogens (tertiary/aromatic N) is 1. The number of rotatable bonds is 4. The van der Waals surface area contributed by atoms with E-state index >= 15 is 0 Å². The average molecular weight is 305 g/mol. The second-order valence-electron chi connectivity index (χ2n) is 6.76. The van der Waals surface area contributed by atoms with Gasteiger partial charge in [0, 0.05) is 23.5 Å². The maximum atomic E-state index is 3.63.